The van der Waals surface area contributed by atoms with Gasteiger partial charge in [0.25, 0.3) is 5.91 Å². The number of rotatable bonds is 4. The van der Waals surface area contributed by atoms with E-state index in [-0.39, 0.29) is 18.2 Å². The highest BCUT2D eigenvalue weighted by molar-refractivity contribution is 6.42. The molecule has 0 atom stereocenters. The number of nitrogens with one attached hydrogen (secondary N) is 2. The topological polar surface area (TPSA) is 58.2 Å². The van der Waals surface area contributed by atoms with Crippen LogP contribution in [-0.2, 0) is 11.2 Å². The molecule has 2 rings (SSSR count). The van der Waals surface area contributed by atoms with E-state index in [1.54, 1.807) is 49.5 Å². The van der Waals surface area contributed by atoms with Crippen molar-refractivity contribution in [1.82, 2.24) is 5.32 Å². The first kappa shape index (κ1) is 16.3. The fourth-order valence-corrected chi connectivity index (χ4v) is 2.24. The van der Waals surface area contributed by atoms with Crippen LogP contribution in [0.25, 0.3) is 0 Å². The van der Waals surface area contributed by atoms with Crippen LogP contribution in [0.4, 0.5) is 5.69 Å². The molecule has 0 unspecified atom stereocenters. The molecule has 4 nitrogen and oxygen atoms in total. The fraction of sp³-hybridized carbons (Fsp3) is 0.125. The maximum atomic E-state index is 12.0. The van der Waals surface area contributed by atoms with Crippen LogP contribution in [-0.4, -0.2) is 18.9 Å². The normalized spacial score (nSPS) is 10.1. The van der Waals surface area contributed by atoms with E-state index in [0.717, 1.165) is 5.56 Å². The van der Waals surface area contributed by atoms with Crippen LogP contribution in [0.3, 0.4) is 0 Å². The van der Waals surface area contributed by atoms with Crippen LogP contribution in [0, 0.1) is 0 Å². The molecular weight excluding hydrogens is 323 g/mol. The number of hydrogen-bond donors (Lipinski definition) is 2. The van der Waals surface area contributed by atoms with Gasteiger partial charge in [0.05, 0.1) is 16.5 Å². The van der Waals surface area contributed by atoms with E-state index in [1.165, 1.54) is 0 Å². The van der Waals surface area contributed by atoms with E-state index in [4.69, 9.17) is 23.2 Å². The molecule has 2 aromatic carbocycles. The van der Waals surface area contributed by atoms with Crippen molar-refractivity contribution in [3.8, 4) is 0 Å². The van der Waals surface area contributed by atoms with Crippen molar-refractivity contribution in [1.29, 1.82) is 0 Å². The van der Waals surface area contributed by atoms with Crippen LogP contribution < -0.4 is 10.6 Å². The van der Waals surface area contributed by atoms with E-state index in [9.17, 15) is 9.59 Å². The summed E-state index contributed by atoms with van der Waals surface area (Å²) >= 11 is 11.8. The predicted octanol–water partition coefficient (Wildman–Crippen LogP) is 3.53. The van der Waals surface area contributed by atoms with Gasteiger partial charge in [0.15, 0.2) is 0 Å². The van der Waals surface area contributed by atoms with E-state index in [2.05, 4.69) is 10.6 Å². The van der Waals surface area contributed by atoms with Crippen LogP contribution in [0.15, 0.2) is 42.5 Å². The molecule has 114 valence electrons. The summed E-state index contributed by atoms with van der Waals surface area (Å²) in [5.41, 5.74) is 1.80. The molecule has 6 heteroatoms. The van der Waals surface area contributed by atoms with Crippen molar-refractivity contribution in [2.75, 3.05) is 12.4 Å². The molecule has 0 aliphatic rings. The summed E-state index contributed by atoms with van der Waals surface area (Å²) in [7, 11) is 1.55. The Labute approximate surface area is 138 Å². The Morgan fingerprint density at radius 3 is 2.50 bits per heavy atom. The Morgan fingerprint density at radius 1 is 1.05 bits per heavy atom. The van der Waals surface area contributed by atoms with Crippen molar-refractivity contribution >= 4 is 40.7 Å². The minimum atomic E-state index is -0.208. The summed E-state index contributed by atoms with van der Waals surface area (Å²) in [6, 6.07) is 11.8. The van der Waals surface area contributed by atoms with Crippen molar-refractivity contribution < 1.29 is 9.59 Å². The molecule has 2 N–H and O–H groups in total. The van der Waals surface area contributed by atoms with E-state index in [0.29, 0.717) is 21.3 Å². The third-order valence-corrected chi connectivity index (χ3v) is 3.72. The summed E-state index contributed by atoms with van der Waals surface area (Å²) in [4.78, 5) is 23.6. The number of benzene rings is 2. The standard InChI is InChI=1S/C16H14Cl2N2O2/c1-19-16(22)11-3-2-4-12(9-11)20-15(21)8-10-5-6-13(17)14(18)7-10/h2-7,9H,8H2,1H3,(H,19,22)(H,20,21). The molecule has 0 saturated carbocycles. The molecule has 0 saturated heterocycles. The van der Waals surface area contributed by atoms with Gasteiger partial charge in [-0.3, -0.25) is 9.59 Å². The lowest BCUT2D eigenvalue weighted by Gasteiger charge is -2.08. The quantitative estimate of drug-likeness (QED) is 0.897. The first-order valence-electron chi connectivity index (χ1n) is 6.55. The highest BCUT2D eigenvalue weighted by Gasteiger charge is 2.08. The second-order valence-electron chi connectivity index (χ2n) is 4.63. The van der Waals surface area contributed by atoms with Crippen LogP contribution >= 0.6 is 23.2 Å². The number of anilines is 1. The molecule has 0 heterocycles. The highest BCUT2D eigenvalue weighted by Crippen LogP contribution is 2.23. The molecule has 2 aromatic rings. The Kier molecular flexibility index (Phi) is 5.41. The summed E-state index contributed by atoms with van der Waals surface area (Å²) in [5.74, 6) is -0.409. The third kappa shape index (κ3) is 4.23. The van der Waals surface area contributed by atoms with Gasteiger partial charge in [-0.1, -0.05) is 35.3 Å². The van der Waals surface area contributed by atoms with Gasteiger partial charge in [0.1, 0.15) is 0 Å². The largest absolute Gasteiger partial charge is 0.355 e. The Morgan fingerprint density at radius 2 is 1.82 bits per heavy atom. The Balaban J connectivity index is 2.05. The third-order valence-electron chi connectivity index (χ3n) is 2.98. The summed E-state index contributed by atoms with van der Waals surface area (Å²) in [5, 5.41) is 6.14. The second kappa shape index (κ2) is 7.29. The predicted molar refractivity (Wildman–Crippen MR) is 88.6 cm³/mol. The van der Waals surface area contributed by atoms with Gasteiger partial charge in [-0.2, -0.15) is 0 Å². The molecular formula is C16H14Cl2N2O2. The van der Waals surface area contributed by atoms with Gasteiger partial charge in [0, 0.05) is 18.3 Å². The van der Waals surface area contributed by atoms with Crippen molar-refractivity contribution in [2.45, 2.75) is 6.42 Å². The van der Waals surface area contributed by atoms with Gasteiger partial charge in [-0.25, -0.2) is 0 Å². The molecule has 0 aromatic heterocycles. The number of carbonyl (C=O) groups excluding carboxylic acids is 2. The average molecular weight is 337 g/mol. The van der Waals surface area contributed by atoms with E-state index < -0.39 is 0 Å². The molecule has 0 aliphatic carbocycles. The highest BCUT2D eigenvalue weighted by atomic mass is 35.5. The maximum absolute atomic E-state index is 12.0. The number of halogens is 2. The van der Waals surface area contributed by atoms with Gasteiger partial charge in [-0.15, -0.1) is 0 Å². The Bertz CT molecular complexity index is 717. The van der Waals surface area contributed by atoms with Gasteiger partial charge in [0.2, 0.25) is 5.91 Å². The van der Waals surface area contributed by atoms with Gasteiger partial charge < -0.3 is 10.6 Å². The first-order chi connectivity index (χ1) is 10.5. The van der Waals surface area contributed by atoms with Crippen LogP contribution in [0.1, 0.15) is 15.9 Å². The summed E-state index contributed by atoms with van der Waals surface area (Å²) < 4.78 is 0. The minimum absolute atomic E-state index is 0.168. The lowest BCUT2D eigenvalue weighted by Crippen LogP contribution is -2.19. The maximum Gasteiger partial charge on any atom is 0.251 e. The van der Waals surface area contributed by atoms with Crippen molar-refractivity contribution in [3.05, 3.63) is 63.6 Å². The minimum Gasteiger partial charge on any atom is -0.355 e. The van der Waals surface area contributed by atoms with E-state index in [1.807, 2.05) is 0 Å². The van der Waals surface area contributed by atoms with E-state index >= 15 is 0 Å². The lowest BCUT2D eigenvalue weighted by molar-refractivity contribution is -0.115. The molecule has 0 spiro atoms. The van der Waals surface area contributed by atoms with Crippen LogP contribution in [0.2, 0.25) is 10.0 Å². The number of carbonyl (C=O) groups is 2. The Hall–Kier alpha value is -2.04. The van der Waals surface area contributed by atoms with Gasteiger partial charge in [-0.05, 0) is 35.9 Å². The summed E-state index contributed by atoms with van der Waals surface area (Å²) in [6.07, 6.45) is 0.168. The first-order valence-corrected chi connectivity index (χ1v) is 7.31. The zero-order valence-corrected chi connectivity index (χ0v) is 13.3. The molecule has 2 amide bonds. The smallest absolute Gasteiger partial charge is 0.251 e. The SMILES string of the molecule is CNC(=O)c1cccc(NC(=O)Cc2ccc(Cl)c(Cl)c2)c1. The molecule has 0 radical (unpaired) electrons. The molecule has 0 bridgehead atoms. The van der Waals surface area contributed by atoms with Gasteiger partial charge >= 0.3 is 0 Å². The average Bonchev–Trinajstić information content (AvgIpc) is 2.50. The van der Waals surface area contributed by atoms with Crippen LogP contribution in [0.5, 0.6) is 0 Å². The van der Waals surface area contributed by atoms with Crippen molar-refractivity contribution in [3.63, 3.8) is 0 Å². The molecule has 0 aliphatic heterocycles. The monoisotopic (exact) mass is 336 g/mol. The zero-order valence-electron chi connectivity index (χ0n) is 11.8. The lowest BCUT2D eigenvalue weighted by atomic mass is 10.1. The molecule has 0 fully saturated rings. The fourth-order valence-electron chi connectivity index (χ4n) is 1.92. The van der Waals surface area contributed by atoms with Crippen molar-refractivity contribution in [2.24, 2.45) is 0 Å². The number of amides is 2. The number of hydrogen-bond acceptors (Lipinski definition) is 2. The molecule has 22 heavy (non-hydrogen) atoms. The second-order valence-corrected chi connectivity index (χ2v) is 5.45. The summed E-state index contributed by atoms with van der Waals surface area (Å²) in [6.45, 7) is 0. The zero-order chi connectivity index (χ0) is 16.1.